The molecule has 1 N–H and O–H groups in total. The Hall–Kier alpha value is -1.50. The highest BCUT2D eigenvalue weighted by Crippen LogP contribution is 2.15. The molecule has 0 bridgehead atoms. The van der Waals surface area contributed by atoms with Crippen molar-refractivity contribution >= 4 is 17.7 Å². The third-order valence-electron chi connectivity index (χ3n) is 3.62. The number of piperazine rings is 1. The fraction of sp³-hybridized carbons (Fsp3) is 0.562. The van der Waals surface area contributed by atoms with Crippen molar-refractivity contribution in [2.24, 2.45) is 0 Å². The number of ether oxygens (including phenoxy) is 2. The Morgan fingerprint density at radius 1 is 1.26 bits per heavy atom. The van der Waals surface area contributed by atoms with Crippen LogP contribution >= 0.6 is 11.6 Å². The Bertz CT molecular complexity index is 489. The summed E-state index contributed by atoms with van der Waals surface area (Å²) in [4.78, 5) is 15.4. The van der Waals surface area contributed by atoms with Gasteiger partial charge in [-0.25, -0.2) is 4.79 Å². The van der Waals surface area contributed by atoms with Gasteiger partial charge >= 0.3 is 6.09 Å². The van der Waals surface area contributed by atoms with E-state index in [1.54, 1.807) is 36.1 Å². The predicted octanol–water partition coefficient (Wildman–Crippen LogP) is 1.85. The molecular formula is C16H23ClN2O4. The smallest absolute Gasteiger partial charge is 0.409 e. The van der Waals surface area contributed by atoms with E-state index in [1.165, 1.54) is 0 Å². The first-order valence-corrected chi connectivity index (χ1v) is 8.16. The van der Waals surface area contributed by atoms with Gasteiger partial charge in [0, 0.05) is 37.7 Å². The summed E-state index contributed by atoms with van der Waals surface area (Å²) in [5.41, 5.74) is 0. The van der Waals surface area contributed by atoms with Crippen LogP contribution in [-0.2, 0) is 4.74 Å². The number of β-amino-alcohol motifs (C(OH)–C–C–N with tert-alkyl or cyclic N) is 1. The zero-order chi connectivity index (χ0) is 16.7. The minimum absolute atomic E-state index is 0.222. The second-order valence-electron chi connectivity index (χ2n) is 5.41. The molecule has 1 aromatic carbocycles. The van der Waals surface area contributed by atoms with Gasteiger partial charge in [0.15, 0.2) is 0 Å². The number of hydrogen-bond acceptors (Lipinski definition) is 5. The van der Waals surface area contributed by atoms with E-state index >= 15 is 0 Å². The van der Waals surface area contributed by atoms with Gasteiger partial charge in [-0.3, -0.25) is 4.90 Å². The standard InChI is InChI=1S/C16H23ClN2O4/c1-2-22-16(21)19-9-7-18(8-10-19)11-14(20)12-23-15-5-3-13(17)4-6-15/h3-6,14,20H,2,7-12H2,1H3/t14-/m1/s1. The van der Waals surface area contributed by atoms with Gasteiger partial charge in [-0.2, -0.15) is 0 Å². The Morgan fingerprint density at radius 2 is 1.91 bits per heavy atom. The fourth-order valence-electron chi connectivity index (χ4n) is 2.40. The number of nitrogens with zero attached hydrogens (tertiary/aromatic N) is 2. The van der Waals surface area contributed by atoms with E-state index in [2.05, 4.69) is 4.90 Å². The first kappa shape index (κ1) is 17.8. The van der Waals surface area contributed by atoms with Crippen LogP contribution in [0.2, 0.25) is 5.02 Å². The van der Waals surface area contributed by atoms with Crippen LogP contribution in [0.1, 0.15) is 6.92 Å². The molecule has 23 heavy (non-hydrogen) atoms. The number of amides is 1. The molecule has 6 nitrogen and oxygen atoms in total. The molecule has 1 saturated heterocycles. The molecule has 7 heteroatoms. The molecule has 2 rings (SSSR count). The summed E-state index contributed by atoms with van der Waals surface area (Å²) in [6.45, 7) is 5.59. The molecule has 1 heterocycles. The van der Waals surface area contributed by atoms with Crippen LogP contribution in [0.15, 0.2) is 24.3 Å². The predicted molar refractivity (Wildman–Crippen MR) is 88.0 cm³/mol. The van der Waals surface area contributed by atoms with Crippen molar-refractivity contribution in [1.82, 2.24) is 9.80 Å². The van der Waals surface area contributed by atoms with Crippen molar-refractivity contribution < 1.29 is 19.4 Å². The van der Waals surface area contributed by atoms with Crippen molar-refractivity contribution in [3.8, 4) is 5.75 Å². The number of aliphatic hydroxyl groups is 1. The third-order valence-corrected chi connectivity index (χ3v) is 3.88. The highest BCUT2D eigenvalue weighted by Gasteiger charge is 2.23. The van der Waals surface area contributed by atoms with E-state index in [1.807, 2.05) is 0 Å². The van der Waals surface area contributed by atoms with Gasteiger partial charge in [0.1, 0.15) is 18.5 Å². The number of halogens is 1. The molecule has 0 saturated carbocycles. The maximum atomic E-state index is 11.6. The van der Waals surface area contributed by atoms with E-state index in [0.29, 0.717) is 37.0 Å². The van der Waals surface area contributed by atoms with Crippen LogP contribution in [-0.4, -0.2) is 73.0 Å². The molecule has 0 unspecified atom stereocenters. The lowest BCUT2D eigenvalue weighted by Crippen LogP contribution is -2.51. The number of aliphatic hydroxyl groups excluding tert-OH is 1. The first-order chi connectivity index (χ1) is 11.1. The van der Waals surface area contributed by atoms with Gasteiger partial charge < -0.3 is 19.5 Å². The van der Waals surface area contributed by atoms with Gasteiger partial charge in [0.2, 0.25) is 0 Å². The maximum Gasteiger partial charge on any atom is 0.409 e. The second-order valence-corrected chi connectivity index (χ2v) is 5.84. The van der Waals surface area contributed by atoms with Crippen molar-refractivity contribution in [1.29, 1.82) is 0 Å². The lowest BCUT2D eigenvalue weighted by Gasteiger charge is -2.34. The molecule has 1 aromatic rings. The minimum Gasteiger partial charge on any atom is -0.491 e. The summed E-state index contributed by atoms with van der Waals surface area (Å²) in [7, 11) is 0. The van der Waals surface area contributed by atoms with Crippen LogP contribution in [0.5, 0.6) is 5.75 Å². The van der Waals surface area contributed by atoms with Gasteiger partial charge in [-0.1, -0.05) is 11.6 Å². The average Bonchev–Trinajstić information content (AvgIpc) is 2.55. The Kier molecular flexibility index (Phi) is 6.95. The Morgan fingerprint density at radius 3 is 2.52 bits per heavy atom. The number of rotatable bonds is 6. The molecule has 1 fully saturated rings. The Labute approximate surface area is 141 Å². The van der Waals surface area contributed by atoms with E-state index in [9.17, 15) is 9.90 Å². The summed E-state index contributed by atoms with van der Waals surface area (Å²) in [6.07, 6.45) is -0.849. The van der Waals surface area contributed by atoms with E-state index in [4.69, 9.17) is 21.1 Å². The molecule has 1 amide bonds. The number of carbonyl (C=O) groups excluding carboxylic acids is 1. The topological polar surface area (TPSA) is 62.2 Å². The number of carbonyl (C=O) groups is 1. The lowest BCUT2D eigenvalue weighted by atomic mass is 10.2. The van der Waals surface area contributed by atoms with E-state index in [-0.39, 0.29) is 12.7 Å². The monoisotopic (exact) mass is 342 g/mol. The van der Waals surface area contributed by atoms with Crippen molar-refractivity contribution in [2.45, 2.75) is 13.0 Å². The third kappa shape index (κ3) is 5.89. The Balaban J connectivity index is 1.67. The molecule has 0 spiro atoms. The SMILES string of the molecule is CCOC(=O)N1CCN(C[C@@H](O)COc2ccc(Cl)cc2)CC1. The van der Waals surface area contributed by atoms with Gasteiger partial charge in [0.05, 0.1) is 6.61 Å². The zero-order valence-corrected chi connectivity index (χ0v) is 14.0. The van der Waals surface area contributed by atoms with Crippen LogP contribution in [0, 0.1) is 0 Å². The van der Waals surface area contributed by atoms with Gasteiger partial charge in [-0.05, 0) is 31.2 Å². The molecule has 1 aliphatic rings. The first-order valence-electron chi connectivity index (χ1n) is 7.79. The summed E-state index contributed by atoms with van der Waals surface area (Å²) >= 11 is 5.81. The maximum absolute atomic E-state index is 11.6. The molecule has 0 aliphatic carbocycles. The van der Waals surface area contributed by atoms with E-state index in [0.717, 1.165) is 13.1 Å². The number of hydrogen-bond donors (Lipinski definition) is 1. The van der Waals surface area contributed by atoms with Crippen LogP contribution in [0.4, 0.5) is 4.79 Å². The van der Waals surface area contributed by atoms with E-state index < -0.39 is 6.10 Å². The van der Waals surface area contributed by atoms with Crippen LogP contribution < -0.4 is 4.74 Å². The highest BCUT2D eigenvalue weighted by molar-refractivity contribution is 6.30. The van der Waals surface area contributed by atoms with Crippen molar-refractivity contribution in [3.05, 3.63) is 29.3 Å². The largest absolute Gasteiger partial charge is 0.491 e. The van der Waals surface area contributed by atoms with Crippen LogP contribution in [0.25, 0.3) is 0 Å². The number of benzene rings is 1. The van der Waals surface area contributed by atoms with Crippen molar-refractivity contribution in [2.75, 3.05) is 45.9 Å². The summed E-state index contributed by atoms with van der Waals surface area (Å²) < 4.78 is 10.5. The molecular weight excluding hydrogens is 320 g/mol. The molecule has 0 aromatic heterocycles. The fourth-order valence-corrected chi connectivity index (χ4v) is 2.53. The summed E-state index contributed by atoms with van der Waals surface area (Å²) in [6, 6.07) is 7.04. The normalized spacial score (nSPS) is 16.9. The molecule has 0 radical (unpaired) electrons. The van der Waals surface area contributed by atoms with Crippen LogP contribution in [0.3, 0.4) is 0 Å². The molecule has 1 aliphatic heterocycles. The van der Waals surface area contributed by atoms with Gasteiger partial charge in [0.25, 0.3) is 0 Å². The summed E-state index contributed by atoms with van der Waals surface area (Å²) in [5.74, 6) is 0.681. The second kappa shape index (κ2) is 8.96. The zero-order valence-electron chi connectivity index (χ0n) is 13.3. The quantitative estimate of drug-likeness (QED) is 0.855. The lowest BCUT2D eigenvalue weighted by molar-refractivity contribution is 0.0408. The van der Waals surface area contributed by atoms with Gasteiger partial charge in [-0.15, -0.1) is 0 Å². The highest BCUT2D eigenvalue weighted by atomic mass is 35.5. The minimum atomic E-state index is -0.583. The van der Waals surface area contributed by atoms with Crippen molar-refractivity contribution in [3.63, 3.8) is 0 Å². The molecule has 128 valence electrons. The average molecular weight is 343 g/mol. The molecule has 1 atom stereocenters. The summed E-state index contributed by atoms with van der Waals surface area (Å²) in [5, 5.41) is 10.7.